The lowest BCUT2D eigenvalue weighted by Gasteiger charge is -2.25. The molecule has 0 radical (unpaired) electrons. The molecule has 0 spiro atoms. The summed E-state index contributed by atoms with van der Waals surface area (Å²) >= 11 is 0. The largest absolute Gasteiger partial charge is 0.316 e. The van der Waals surface area contributed by atoms with E-state index in [-0.39, 0.29) is 0 Å². The molecule has 0 aromatic carbocycles. The molecule has 1 atom stereocenters. The van der Waals surface area contributed by atoms with Crippen LogP contribution in [-0.4, -0.2) is 38.1 Å². The van der Waals surface area contributed by atoms with Crippen molar-refractivity contribution in [3.05, 3.63) is 0 Å². The molecule has 1 unspecified atom stereocenters. The average molecular weight is 212 g/mol. The lowest BCUT2D eigenvalue weighted by atomic mass is 10.1. The molecule has 1 rings (SSSR count). The second kappa shape index (κ2) is 7.24. The van der Waals surface area contributed by atoms with E-state index in [0.29, 0.717) is 6.04 Å². The first-order valence-electron chi connectivity index (χ1n) is 6.62. The van der Waals surface area contributed by atoms with Crippen LogP contribution < -0.4 is 5.32 Å². The summed E-state index contributed by atoms with van der Waals surface area (Å²) in [7, 11) is 4.36. The first-order valence-corrected chi connectivity index (χ1v) is 6.62. The summed E-state index contributed by atoms with van der Waals surface area (Å²) in [4.78, 5) is 2.52. The molecule has 1 aliphatic rings. The Bertz CT molecular complexity index is 153. The van der Waals surface area contributed by atoms with Crippen molar-refractivity contribution in [2.75, 3.05) is 27.2 Å². The summed E-state index contributed by atoms with van der Waals surface area (Å²) in [5.74, 6) is 0.981. The van der Waals surface area contributed by atoms with Crippen molar-refractivity contribution in [1.82, 2.24) is 10.2 Å². The molecule has 1 fully saturated rings. The van der Waals surface area contributed by atoms with Gasteiger partial charge in [-0.1, -0.05) is 26.2 Å². The Labute approximate surface area is 95.4 Å². The van der Waals surface area contributed by atoms with Gasteiger partial charge < -0.3 is 10.2 Å². The van der Waals surface area contributed by atoms with Gasteiger partial charge in [-0.15, -0.1) is 0 Å². The zero-order valence-corrected chi connectivity index (χ0v) is 10.8. The van der Waals surface area contributed by atoms with Gasteiger partial charge in [-0.05, 0) is 39.3 Å². The summed E-state index contributed by atoms with van der Waals surface area (Å²) in [6.07, 6.45) is 8.42. The third-order valence-corrected chi connectivity index (χ3v) is 3.62. The van der Waals surface area contributed by atoms with Gasteiger partial charge in [0.15, 0.2) is 0 Å². The number of rotatable bonds is 7. The number of likely N-dealkylation sites (N-methyl/N-ethyl adjacent to an activating group) is 2. The molecule has 15 heavy (non-hydrogen) atoms. The Hall–Kier alpha value is -0.0800. The van der Waals surface area contributed by atoms with Gasteiger partial charge in [-0.3, -0.25) is 0 Å². The molecule has 0 aromatic rings. The van der Waals surface area contributed by atoms with Crippen molar-refractivity contribution >= 4 is 0 Å². The molecule has 1 N–H and O–H groups in total. The van der Waals surface area contributed by atoms with E-state index in [4.69, 9.17) is 0 Å². The average Bonchev–Trinajstić information content (AvgIpc) is 2.69. The van der Waals surface area contributed by atoms with E-state index in [2.05, 4.69) is 31.2 Å². The van der Waals surface area contributed by atoms with E-state index < -0.39 is 0 Å². The molecule has 0 aliphatic heterocycles. The summed E-state index contributed by atoms with van der Waals surface area (Å²) in [5.41, 5.74) is 0. The quantitative estimate of drug-likeness (QED) is 0.697. The molecule has 90 valence electrons. The second-order valence-electron chi connectivity index (χ2n) is 5.15. The topological polar surface area (TPSA) is 15.3 Å². The number of nitrogens with zero attached hydrogens (tertiary/aromatic N) is 1. The van der Waals surface area contributed by atoms with Crippen molar-refractivity contribution in [2.45, 2.75) is 51.5 Å². The van der Waals surface area contributed by atoms with E-state index in [1.54, 1.807) is 0 Å². The number of hydrogen-bond donors (Lipinski definition) is 1. The van der Waals surface area contributed by atoms with Crippen LogP contribution in [0.15, 0.2) is 0 Å². The molecule has 0 saturated heterocycles. The van der Waals surface area contributed by atoms with Gasteiger partial charge in [0.2, 0.25) is 0 Å². The predicted molar refractivity (Wildman–Crippen MR) is 67.2 cm³/mol. The molecular weight excluding hydrogens is 184 g/mol. The monoisotopic (exact) mass is 212 g/mol. The predicted octanol–water partition coefficient (Wildman–Crippen LogP) is 2.50. The van der Waals surface area contributed by atoms with Gasteiger partial charge in [-0.2, -0.15) is 0 Å². The van der Waals surface area contributed by atoms with Crippen molar-refractivity contribution in [2.24, 2.45) is 5.92 Å². The van der Waals surface area contributed by atoms with Gasteiger partial charge in [-0.25, -0.2) is 0 Å². The Kier molecular flexibility index (Phi) is 6.26. The lowest BCUT2D eigenvalue weighted by Crippen LogP contribution is -2.39. The maximum absolute atomic E-state index is 3.42. The molecule has 1 saturated carbocycles. The van der Waals surface area contributed by atoms with Crippen LogP contribution in [0.5, 0.6) is 0 Å². The molecule has 0 aromatic heterocycles. The molecule has 0 heterocycles. The lowest BCUT2D eigenvalue weighted by molar-refractivity contribution is 0.247. The van der Waals surface area contributed by atoms with E-state index >= 15 is 0 Å². The smallest absolute Gasteiger partial charge is 0.0191 e. The van der Waals surface area contributed by atoms with E-state index in [1.165, 1.54) is 51.6 Å². The fourth-order valence-corrected chi connectivity index (χ4v) is 2.76. The summed E-state index contributed by atoms with van der Waals surface area (Å²) < 4.78 is 0. The van der Waals surface area contributed by atoms with Gasteiger partial charge in [0.1, 0.15) is 0 Å². The summed E-state index contributed by atoms with van der Waals surface area (Å²) in [6.45, 7) is 4.78. The summed E-state index contributed by atoms with van der Waals surface area (Å²) in [6, 6.07) is 0.682. The Morgan fingerprint density at radius 2 is 2.00 bits per heavy atom. The Morgan fingerprint density at radius 3 is 2.53 bits per heavy atom. The molecule has 2 heteroatoms. The highest BCUT2D eigenvalue weighted by atomic mass is 15.1. The van der Waals surface area contributed by atoms with Crippen LogP contribution in [0.3, 0.4) is 0 Å². The maximum atomic E-state index is 3.42. The molecular formula is C13H28N2. The molecule has 0 amide bonds. The minimum absolute atomic E-state index is 0.682. The van der Waals surface area contributed by atoms with Gasteiger partial charge in [0.25, 0.3) is 0 Å². The minimum atomic E-state index is 0.682. The first kappa shape index (κ1) is 13.0. The zero-order valence-electron chi connectivity index (χ0n) is 10.8. The van der Waals surface area contributed by atoms with Gasteiger partial charge >= 0.3 is 0 Å². The minimum Gasteiger partial charge on any atom is -0.316 e. The van der Waals surface area contributed by atoms with Crippen LogP contribution in [-0.2, 0) is 0 Å². The number of nitrogens with one attached hydrogen (secondary N) is 1. The first-order chi connectivity index (χ1) is 7.26. The summed E-state index contributed by atoms with van der Waals surface area (Å²) in [5, 5.41) is 3.42. The van der Waals surface area contributed by atoms with Crippen LogP contribution in [0.1, 0.15) is 45.4 Å². The van der Waals surface area contributed by atoms with Crippen molar-refractivity contribution in [3.8, 4) is 0 Å². The van der Waals surface area contributed by atoms with E-state index in [1.807, 2.05) is 0 Å². The van der Waals surface area contributed by atoms with E-state index in [9.17, 15) is 0 Å². The van der Waals surface area contributed by atoms with Crippen LogP contribution in [0.2, 0.25) is 0 Å². The fourth-order valence-electron chi connectivity index (χ4n) is 2.76. The third-order valence-electron chi connectivity index (χ3n) is 3.62. The highest BCUT2D eigenvalue weighted by molar-refractivity contribution is 4.73. The van der Waals surface area contributed by atoms with Crippen LogP contribution in [0, 0.1) is 5.92 Å². The third kappa shape index (κ3) is 4.98. The van der Waals surface area contributed by atoms with Gasteiger partial charge in [0, 0.05) is 19.1 Å². The Morgan fingerprint density at radius 1 is 1.33 bits per heavy atom. The maximum Gasteiger partial charge on any atom is 0.0191 e. The highest BCUT2D eigenvalue weighted by Crippen LogP contribution is 2.25. The van der Waals surface area contributed by atoms with Crippen LogP contribution >= 0.6 is 0 Å². The van der Waals surface area contributed by atoms with Crippen molar-refractivity contribution < 1.29 is 0 Å². The highest BCUT2D eigenvalue weighted by Gasteiger charge is 2.17. The second-order valence-corrected chi connectivity index (χ2v) is 5.15. The van der Waals surface area contributed by atoms with Crippen LogP contribution in [0.4, 0.5) is 0 Å². The number of hydrogen-bond acceptors (Lipinski definition) is 2. The van der Waals surface area contributed by atoms with E-state index in [0.717, 1.165) is 5.92 Å². The standard InChI is InChI=1S/C13H28N2/c1-4-7-13(14-2)11-15(3)10-12-8-5-6-9-12/h12-14H,4-11H2,1-3H3. The normalized spacial score (nSPS) is 20.0. The van der Waals surface area contributed by atoms with Gasteiger partial charge in [0.05, 0.1) is 0 Å². The Balaban J connectivity index is 2.17. The molecule has 0 bridgehead atoms. The zero-order chi connectivity index (χ0) is 11.1. The van der Waals surface area contributed by atoms with Crippen molar-refractivity contribution in [1.29, 1.82) is 0 Å². The molecule has 2 nitrogen and oxygen atoms in total. The molecule has 1 aliphatic carbocycles. The van der Waals surface area contributed by atoms with Crippen LogP contribution in [0.25, 0.3) is 0 Å². The fraction of sp³-hybridized carbons (Fsp3) is 1.00. The van der Waals surface area contributed by atoms with Crippen molar-refractivity contribution in [3.63, 3.8) is 0 Å². The SMILES string of the molecule is CCCC(CN(C)CC1CCCC1)NC.